The maximum Gasteiger partial charge on any atom is 0.321 e. The summed E-state index contributed by atoms with van der Waals surface area (Å²) in [6.07, 6.45) is 0.934. The van der Waals surface area contributed by atoms with Gasteiger partial charge in [-0.2, -0.15) is 0 Å². The molecule has 0 fully saturated rings. The number of fused-ring (bicyclic) bond motifs is 1. The fourth-order valence-electron chi connectivity index (χ4n) is 2.53. The van der Waals surface area contributed by atoms with Gasteiger partial charge in [0.1, 0.15) is 0 Å². The predicted octanol–water partition coefficient (Wildman–Crippen LogP) is 1.92. The molecule has 1 heterocycles. The van der Waals surface area contributed by atoms with Crippen molar-refractivity contribution in [3.63, 3.8) is 0 Å². The van der Waals surface area contributed by atoms with Gasteiger partial charge >= 0.3 is 6.03 Å². The van der Waals surface area contributed by atoms with Crippen molar-refractivity contribution in [1.29, 1.82) is 0 Å². The number of para-hydroxylation sites is 1. The summed E-state index contributed by atoms with van der Waals surface area (Å²) in [5.74, 6) is 0.0798. The topological polar surface area (TPSA) is 61.4 Å². The highest BCUT2D eigenvalue weighted by atomic mass is 16.2. The zero-order valence-corrected chi connectivity index (χ0v) is 12.8. The first-order valence-electron chi connectivity index (χ1n) is 7.39. The Balaban J connectivity index is 1.90. The SMILES string of the molecule is CC(C)CNC(=O)NC(=O)CN1c2ccccc2CC1C. The molecule has 1 atom stereocenters. The molecular formula is C16H23N3O2. The molecule has 2 rings (SSSR count). The van der Waals surface area contributed by atoms with Crippen LogP contribution >= 0.6 is 0 Å². The molecule has 3 amide bonds. The number of anilines is 1. The zero-order valence-electron chi connectivity index (χ0n) is 12.8. The number of carbonyl (C=O) groups is 2. The van der Waals surface area contributed by atoms with E-state index in [-0.39, 0.29) is 18.5 Å². The number of benzene rings is 1. The summed E-state index contributed by atoms with van der Waals surface area (Å²) < 4.78 is 0. The Hall–Kier alpha value is -2.04. The highest BCUT2D eigenvalue weighted by molar-refractivity contribution is 5.96. The van der Waals surface area contributed by atoms with E-state index in [2.05, 4.69) is 23.6 Å². The molecule has 21 heavy (non-hydrogen) atoms. The molecule has 1 aliphatic heterocycles. The minimum absolute atomic E-state index is 0.202. The van der Waals surface area contributed by atoms with Gasteiger partial charge in [-0.05, 0) is 30.9 Å². The first-order valence-corrected chi connectivity index (χ1v) is 7.39. The Bertz CT molecular complexity index is 528. The molecule has 1 aromatic rings. The lowest BCUT2D eigenvalue weighted by molar-refractivity contribution is -0.118. The first kappa shape index (κ1) is 15.4. The molecule has 0 spiro atoms. The van der Waals surface area contributed by atoms with E-state index >= 15 is 0 Å². The van der Waals surface area contributed by atoms with Crippen molar-refractivity contribution in [1.82, 2.24) is 10.6 Å². The summed E-state index contributed by atoms with van der Waals surface area (Å²) in [5, 5.41) is 5.06. The van der Waals surface area contributed by atoms with E-state index in [1.807, 2.05) is 36.9 Å². The van der Waals surface area contributed by atoms with Crippen LogP contribution in [0.1, 0.15) is 26.3 Å². The normalized spacial score (nSPS) is 16.8. The van der Waals surface area contributed by atoms with Crippen LogP contribution in [0.3, 0.4) is 0 Å². The lowest BCUT2D eigenvalue weighted by Gasteiger charge is -2.24. The Morgan fingerprint density at radius 2 is 2.05 bits per heavy atom. The molecule has 0 saturated heterocycles. The highest BCUT2D eigenvalue weighted by Crippen LogP contribution is 2.31. The molecule has 1 aliphatic rings. The van der Waals surface area contributed by atoms with Crippen molar-refractivity contribution < 1.29 is 9.59 Å². The lowest BCUT2D eigenvalue weighted by Crippen LogP contribution is -2.46. The summed E-state index contributed by atoms with van der Waals surface area (Å²) in [5.41, 5.74) is 2.34. The van der Waals surface area contributed by atoms with Gasteiger partial charge in [-0.3, -0.25) is 10.1 Å². The number of nitrogens with zero attached hydrogens (tertiary/aromatic N) is 1. The molecule has 1 aromatic carbocycles. The second kappa shape index (κ2) is 6.61. The third-order valence-corrected chi connectivity index (χ3v) is 3.59. The van der Waals surface area contributed by atoms with Gasteiger partial charge < -0.3 is 10.2 Å². The maximum absolute atomic E-state index is 12.0. The summed E-state index contributed by atoms with van der Waals surface area (Å²) in [6.45, 7) is 6.86. The molecule has 0 aromatic heterocycles. The van der Waals surface area contributed by atoms with Gasteiger partial charge in [-0.1, -0.05) is 32.0 Å². The van der Waals surface area contributed by atoms with Crippen LogP contribution in [0.15, 0.2) is 24.3 Å². The largest absolute Gasteiger partial charge is 0.359 e. The van der Waals surface area contributed by atoms with Crippen LogP contribution in [0.2, 0.25) is 0 Å². The van der Waals surface area contributed by atoms with Crippen LogP contribution in [0.25, 0.3) is 0 Å². The van der Waals surface area contributed by atoms with Crippen molar-refractivity contribution in [2.24, 2.45) is 5.92 Å². The number of urea groups is 1. The number of hydrogen-bond donors (Lipinski definition) is 2. The Kier molecular flexibility index (Phi) is 4.83. The molecule has 0 aliphatic carbocycles. The molecule has 2 N–H and O–H groups in total. The highest BCUT2D eigenvalue weighted by Gasteiger charge is 2.27. The Labute approximate surface area is 125 Å². The molecule has 114 valence electrons. The molecular weight excluding hydrogens is 266 g/mol. The second-order valence-corrected chi connectivity index (χ2v) is 5.96. The van der Waals surface area contributed by atoms with Crippen LogP contribution < -0.4 is 15.5 Å². The van der Waals surface area contributed by atoms with Crippen molar-refractivity contribution in [3.05, 3.63) is 29.8 Å². The average Bonchev–Trinajstić information content (AvgIpc) is 2.73. The Morgan fingerprint density at radius 1 is 1.33 bits per heavy atom. The number of imide groups is 1. The quantitative estimate of drug-likeness (QED) is 0.890. The molecule has 1 unspecified atom stereocenters. The monoisotopic (exact) mass is 289 g/mol. The Morgan fingerprint density at radius 3 is 2.76 bits per heavy atom. The summed E-state index contributed by atoms with van der Waals surface area (Å²) in [6, 6.07) is 7.93. The number of hydrogen-bond acceptors (Lipinski definition) is 3. The fourth-order valence-corrected chi connectivity index (χ4v) is 2.53. The molecule has 5 nitrogen and oxygen atoms in total. The summed E-state index contributed by atoms with van der Waals surface area (Å²) >= 11 is 0. The third kappa shape index (κ3) is 3.97. The van der Waals surface area contributed by atoms with Gasteiger partial charge in [-0.15, -0.1) is 0 Å². The predicted molar refractivity (Wildman–Crippen MR) is 83.3 cm³/mol. The third-order valence-electron chi connectivity index (χ3n) is 3.59. The van der Waals surface area contributed by atoms with E-state index < -0.39 is 6.03 Å². The van der Waals surface area contributed by atoms with E-state index in [0.717, 1.165) is 12.1 Å². The van der Waals surface area contributed by atoms with Crippen molar-refractivity contribution in [2.45, 2.75) is 33.2 Å². The van der Waals surface area contributed by atoms with Crippen LogP contribution in [-0.2, 0) is 11.2 Å². The zero-order chi connectivity index (χ0) is 15.4. The van der Waals surface area contributed by atoms with Gasteiger partial charge in [0.2, 0.25) is 5.91 Å². The minimum Gasteiger partial charge on any atom is -0.359 e. The first-order chi connectivity index (χ1) is 9.97. The fraction of sp³-hybridized carbons (Fsp3) is 0.500. The minimum atomic E-state index is -0.422. The average molecular weight is 289 g/mol. The molecule has 0 radical (unpaired) electrons. The van der Waals surface area contributed by atoms with Crippen LogP contribution in [0, 0.1) is 5.92 Å². The smallest absolute Gasteiger partial charge is 0.321 e. The second-order valence-electron chi connectivity index (χ2n) is 5.96. The number of nitrogens with one attached hydrogen (secondary N) is 2. The van der Waals surface area contributed by atoms with Gasteiger partial charge in [-0.25, -0.2) is 4.79 Å². The number of rotatable bonds is 4. The van der Waals surface area contributed by atoms with Crippen molar-refractivity contribution >= 4 is 17.6 Å². The van der Waals surface area contributed by atoms with E-state index in [1.165, 1.54) is 5.56 Å². The molecule has 5 heteroatoms. The standard InChI is InChI=1S/C16H23N3O2/c1-11(2)9-17-16(21)18-15(20)10-19-12(3)8-13-6-4-5-7-14(13)19/h4-7,11-12H,8-10H2,1-3H3,(H2,17,18,20,21). The van der Waals surface area contributed by atoms with Crippen molar-refractivity contribution in [2.75, 3.05) is 18.0 Å². The lowest BCUT2D eigenvalue weighted by atomic mass is 10.1. The number of carbonyl (C=O) groups excluding carboxylic acids is 2. The van der Waals surface area contributed by atoms with Crippen LogP contribution in [-0.4, -0.2) is 31.1 Å². The summed E-state index contributed by atoms with van der Waals surface area (Å²) in [4.78, 5) is 25.6. The van der Waals surface area contributed by atoms with Gasteiger partial charge in [0, 0.05) is 18.3 Å². The van der Waals surface area contributed by atoms with Crippen molar-refractivity contribution in [3.8, 4) is 0 Å². The molecule has 0 saturated carbocycles. The van der Waals surface area contributed by atoms with E-state index in [9.17, 15) is 9.59 Å². The van der Waals surface area contributed by atoms with Gasteiger partial charge in [0.15, 0.2) is 0 Å². The van der Waals surface area contributed by atoms with Crippen LogP contribution in [0.4, 0.5) is 10.5 Å². The van der Waals surface area contributed by atoms with Gasteiger partial charge in [0.25, 0.3) is 0 Å². The van der Waals surface area contributed by atoms with E-state index in [0.29, 0.717) is 12.5 Å². The summed E-state index contributed by atoms with van der Waals surface area (Å²) in [7, 11) is 0. The van der Waals surface area contributed by atoms with E-state index in [4.69, 9.17) is 0 Å². The van der Waals surface area contributed by atoms with Crippen LogP contribution in [0.5, 0.6) is 0 Å². The maximum atomic E-state index is 12.0. The number of amides is 3. The van der Waals surface area contributed by atoms with E-state index in [1.54, 1.807) is 0 Å². The van der Waals surface area contributed by atoms with Gasteiger partial charge in [0.05, 0.1) is 6.54 Å². The molecule has 0 bridgehead atoms.